The molecule has 100 valence electrons. The molecule has 0 spiro atoms. The highest BCUT2D eigenvalue weighted by molar-refractivity contribution is 5.82. The monoisotopic (exact) mass is 251 g/mol. The molecule has 2 atom stereocenters. The number of hydrogen-bond donors (Lipinski definition) is 1. The van der Waals surface area contributed by atoms with Crippen LogP contribution in [0.5, 0.6) is 0 Å². The highest BCUT2D eigenvalue weighted by Crippen LogP contribution is 2.23. The zero-order valence-corrected chi connectivity index (χ0v) is 11.3. The molecule has 1 heterocycles. The molecule has 1 aliphatic heterocycles. The first-order chi connectivity index (χ1) is 8.63. The Kier molecular flexibility index (Phi) is 5.50. The average molecular weight is 251 g/mol. The Morgan fingerprint density at radius 2 is 2.33 bits per heavy atom. The number of methoxy groups -OCH3 is 1. The van der Waals surface area contributed by atoms with E-state index < -0.39 is 0 Å². The summed E-state index contributed by atoms with van der Waals surface area (Å²) in [7, 11) is 1.43. The summed E-state index contributed by atoms with van der Waals surface area (Å²) < 4.78 is 4.82. The van der Waals surface area contributed by atoms with Crippen molar-refractivity contribution in [2.45, 2.75) is 13.8 Å². The van der Waals surface area contributed by atoms with Gasteiger partial charge in [-0.1, -0.05) is 12.8 Å². The summed E-state index contributed by atoms with van der Waals surface area (Å²) in [6.07, 6.45) is 5.22. The molecule has 1 rings (SSSR count). The van der Waals surface area contributed by atoms with Crippen LogP contribution >= 0.6 is 0 Å². The molecule has 1 saturated heterocycles. The van der Waals surface area contributed by atoms with Crippen molar-refractivity contribution in [3.05, 3.63) is 0 Å². The first-order valence-corrected chi connectivity index (χ1v) is 6.18. The van der Waals surface area contributed by atoms with E-state index in [9.17, 15) is 4.79 Å². The number of rotatable bonds is 3. The molecule has 5 nitrogen and oxygen atoms in total. The third kappa shape index (κ3) is 3.39. The predicted molar refractivity (Wildman–Crippen MR) is 71.1 cm³/mol. The van der Waals surface area contributed by atoms with Crippen LogP contribution in [0.25, 0.3) is 0 Å². The Hall–Kier alpha value is -1.70. The van der Waals surface area contributed by atoms with Crippen molar-refractivity contribution in [1.82, 2.24) is 10.2 Å². The molecule has 0 saturated carbocycles. The van der Waals surface area contributed by atoms with Gasteiger partial charge in [-0.15, -0.1) is 6.42 Å². The van der Waals surface area contributed by atoms with Crippen LogP contribution in [0.2, 0.25) is 0 Å². The minimum Gasteiger partial charge on any atom is -0.469 e. The molecular weight excluding hydrogens is 230 g/mol. The molecule has 1 fully saturated rings. The Morgan fingerprint density at radius 1 is 1.61 bits per heavy atom. The van der Waals surface area contributed by atoms with Crippen LogP contribution in [0, 0.1) is 24.2 Å². The van der Waals surface area contributed by atoms with Crippen LogP contribution in [-0.2, 0) is 9.53 Å². The smallest absolute Gasteiger partial charge is 0.310 e. The lowest BCUT2D eigenvalue weighted by Gasteiger charge is -2.21. The number of likely N-dealkylation sites (tertiary alicyclic amines) is 1. The van der Waals surface area contributed by atoms with Gasteiger partial charge in [-0.3, -0.25) is 4.79 Å². The second-order valence-corrected chi connectivity index (χ2v) is 4.39. The average Bonchev–Trinajstić information content (AvgIpc) is 2.75. The Morgan fingerprint density at radius 3 is 2.89 bits per heavy atom. The number of carbonyl (C=O) groups excluding carboxylic acids is 1. The van der Waals surface area contributed by atoms with Gasteiger partial charge in [0, 0.05) is 19.6 Å². The quantitative estimate of drug-likeness (QED) is 0.340. The van der Waals surface area contributed by atoms with Crippen LogP contribution in [0.15, 0.2) is 4.99 Å². The molecule has 2 unspecified atom stereocenters. The first kappa shape index (κ1) is 14.4. The Bertz CT molecular complexity index is 360. The Balaban J connectivity index is 2.72. The zero-order chi connectivity index (χ0) is 13.5. The highest BCUT2D eigenvalue weighted by atomic mass is 16.5. The molecule has 18 heavy (non-hydrogen) atoms. The molecular formula is C13H21N3O2. The number of aliphatic imine (C=N–C) groups is 1. The van der Waals surface area contributed by atoms with Crippen LogP contribution in [-0.4, -0.2) is 50.1 Å². The van der Waals surface area contributed by atoms with Gasteiger partial charge in [0.2, 0.25) is 0 Å². The van der Waals surface area contributed by atoms with Crippen LogP contribution in [0.1, 0.15) is 13.8 Å². The molecule has 0 aliphatic carbocycles. The minimum absolute atomic E-state index is 0.0929. The van der Waals surface area contributed by atoms with Crippen molar-refractivity contribution in [2.75, 3.05) is 33.3 Å². The minimum atomic E-state index is -0.155. The van der Waals surface area contributed by atoms with E-state index >= 15 is 0 Å². The van der Waals surface area contributed by atoms with Crippen molar-refractivity contribution < 1.29 is 9.53 Å². The van der Waals surface area contributed by atoms with Gasteiger partial charge in [0.15, 0.2) is 5.96 Å². The summed E-state index contributed by atoms with van der Waals surface area (Å²) in [5, 5.41) is 3.19. The molecule has 0 aromatic heterocycles. The van der Waals surface area contributed by atoms with E-state index in [1.807, 2.05) is 13.8 Å². The summed E-state index contributed by atoms with van der Waals surface area (Å²) in [6.45, 7) is 6.59. The molecule has 0 bridgehead atoms. The van der Waals surface area contributed by atoms with Crippen molar-refractivity contribution in [3.8, 4) is 12.3 Å². The second kappa shape index (κ2) is 6.90. The van der Waals surface area contributed by atoms with Crippen LogP contribution < -0.4 is 5.32 Å². The van der Waals surface area contributed by atoms with E-state index in [0.717, 1.165) is 19.0 Å². The zero-order valence-electron chi connectivity index (χ0n) is 11.3. The lowest BCUT2D eigenvalue weighted by Crippen LogP contribution is -2.40. The highest BCUT2D eigenvalue weighted by Gasteiger charge is 2.36. The maximum absolute atomic E-state index is 11.6. The van der Waals surface area contributed by atoms with Gasteiger partial charge in [-0.25, -0.2) is 4.99 Å². The van der Waals surface area contributed by atoms with E-state index in [1.165, 1.54) is 7.11 Å². The third-order valence-electron chi connectivity index (χ3n) is 3.07. The van der Waals surface area contributed by atoms with Crippen molar-refractivity contribution in [3.63, 3.8) is 0 Å². The van der Waals surface area contributed by atoms with E-state index in [2.05, 4.69) is 21.1 Å². The SMILES string of the molecule is C#CCN=C(NCC)N1CC(C)C(C(=O)OC)C1. The maximum atomic E-state index is 11.6. The van der Waals surface area contributed by atoms with Gasteiger partial charge < -0.3 is 15.0 Å². The van der Waals surface area contributed by atoms with Crippen LogP contribution in [0.3, 0.4) is 0 Å². The lowest BCUT2D eigenvalue weighted by molar-refractivity contribution is -0.145. The van der Waals surface area contributed by atoms with Gasteiger partial charge >= 0.3 is 5.97 Å². The molecule has 0 amide bonds. The summed E-state index contributed by atoms with van der Waals surface area (Å²) in [4.78, 5) is 18.0. The fraction of sp³-hybridized carbons (Fsp3) is 0.692. The number of nitrogens with one attached hydrogen (secondary N) is 1. The molecule has 5 heteroatoms. The number of terminal acetylenes is 1. The van der Waals surface area contributed by atoms with Gasteiger partial charge in [-0.05, 0) is 12.8 Å². The fourth-order valence-electron chi connectivity index (χ4n) is 2.14. The molecule has 0 radical (unpaired) electrons. The van der Waals surface area contributed by atoms with Gasteiger partial charge in [0.05, 0.1) is 13.0 Å². The lowest BCUT2D eigenvalue weighted by atomic mass is 9.99. The standard InChI is InChI=1S/C13H21N3O2/c1-5-7-15-13(14-6-2)16-8-10(3)11(9-16)12(17)18-4/h1,10-11H,6-9H2,2-4H3,(H,14,15). The number of ether oxygens (including phenoxy) is 1. The molecule has 1 N–H and O–H groups in total. The second-order valence-electron chi connectivity index (χ2n) is 4.39. The first-order valence-electron chi connectivity index (χ1n) is 6.18. The third-order valence-corrected chi connectivity index (χ3v) is 3.07. The number of carbonyl (C=O) groups is 1. The number of esters is 1. The van der Waals surface area contributed by atoms with Gasteiger partial charge in [0.1, 0.15) is 6.54 Å². The number of nitrogens with zero attached hydrogens (tertiary/aromatic N) is 2. The van der Waals surface area contributed by atoms with Crippen LogP contribution in [0.4, 0.5) is 0 Å². The van der Waals surface area contributed by atoms with Crippen molar-refractivity contribution in [1.29, 1.82) is 0 Å². The maximum Gasteiger partial charge on any atom is 0.310 e. The van der Waals surface area contributed by atoms with E-state index in [0.29, 0.717) is 13.1 Å². The van der Waals surface area contributed by atoms with Crippen molar-refractivity contribution in [2.24, 2.45) is 16.8 Å². The fourth-order valence-corrected chi connectivity index (χ4v) is 2.14. The van der Waals surface area contributed by atoms with Gasteiger partial charge in [0.25, 0.3) is 0 Å². The van der Waals surface area contributed by atoms with E-state index in [-0.39, 0.29) is 17.8 Å². The Labute approximate surface area is 109 Å². The largest absolute Gasteiger partial charge is 0.469 e. The summed E-state index contributed by atoms with van der Waals surface area (Å²) in [5.41, 5.74) is 0. The van der Waals surface area contributed by atoms with Crippen molar-refractivity contribution >= 4 is 11.9 Å². The molecule has 1 aliphatic rings. The predicted octanol–water partition coefficient (Wildman–Crippen LogP) is 0.326. The van der Waals surface area contributed by atoms with Gasteiger partial charge in [-0.2, -0.15) is 0 Å². The normalized spacial score (nSPS) is 23.7. The number of guanidine groups is 1. The summed E-state index contributed by atoms with van der Waals surface area (Å²) >= 11 is 0. The summed E-state index contributed by atoms with van der Waals surface area (Å²) in [5.74, 6) is 3.27. The molecule has 0 aromatic carbocycles. The van der Waals surface area contributed by atoms with E-state index in [1.54, 1.807) is 0 Å². The molecule has 0 aromatic rings. The topological polar surface area (TPSA) is 53.9 Å². The number of hydrogen-bond acceptors (Lipinski definition) is 3. The van der Waals surface area contributed by atoms with E-state index in [4.69, 9.17) is 11.2 Å². The summed E-state index contributed by atoms with van der Waals surface area (Å²) in [6, 6.07) is 0.